The quantitative estimate of drug-likeness (QED) is 0.332. The maximum Gasteiger partial charge on any atom is 0.339 e. The molecule has 0 spiro atoms. The van der Waals surface area contributed by atoms with E-state index in [1.165, 1.54) is 16.4 Å². The number of aryl methyl sites for hydroxylation is 1. The van der Waals surface area contributed by atoms with Gasteiger partial charge in [-0.25, -0.2) is 0 Å². The first-order chi connectivity index (χ1) is 8.74. The van der Waals surface area contributed by atoms with E-state index >= 15 is 0 Å². The first-order valence-electron chi connectivity index (χ1n) is 5.63. The second-order valence-electron chi connectivity index (χ2n) is 4.43. The maximum absolute atomic E-state index is 11.1. The first-order valence-corrected chi connectivity index (χ1v) is 6.61. The van der Waals surface area contributed by atoms with Crippen molar-refractivity contribution in [3.8, 4) is 0 Å². The van der Waals surface area contributed by atoms with E-state index in [-0.39, 0.29) is 0 Å². The minimum absolute atomic E-state index is 0.405. The molecular formula is C10H17N5O3S. The fraction of sp³-hybridized carbons (Fsp3) is 0.600. The highest BCUT2D eigenvalue weighted by molar-refractivity contribution is 7.99. The van der Waals surface area contributed by atoms with Crippen LogP contribution in [0.4, 0.5) is 0 Å². The second kappa shape index (κ2) is 6.02. The third-order valence-electron chi connectivity index (χ3n) is 2.58. The molecule has 1 rings (SSSR count). The van der Waals surface area contributed by atoms with Crippen molar-refractivity contribution in [1.29, 1.82) is 0 Å². The number of H-pyrrole nitrogens is 1. The van der Waals surface area contributed by atoms with E-state index in [0.29, 0.717) is 23.8 Å². The van der Waals surface area contributed by atoms with Gasteiger partial charge in [-0.1, -0.05) is 11.8 Å². The highest BCUT2D eigenvalue weighted by Crippen LogP contribution is 2.16. The van der Waals surface area contributed by atoms with Crippen LogP contribution in [0.2, 0.25) is 0 Å². The summed E-state index contributed by atoms with van der Waals surface area (Å²) in [6.45, 7) is 1.58. The predicted molar refractivity (Wildman–Crippen MR) is 71.8 cm³/mol. The summed E-state index contributed by atoms with van der Waals surface area (Å²) in [6.07, 6.45) is 1.07. The molecule has 0 aliphatic heterocycles. The van der Waals surface area contributed by atoms with Gasteiger partial charge in [-0.05, 0) is 19.8 Å². The average Bonchev–Trinajstić information content (AvgIpc) is 2.30. The van der Waals surface area contributed by atoms with Gasteiger partial charge in [-0.3, -0.25) is 24.2 Å². The number of nitrogens with zero attached hydrogens (tertiary/aromatic N) is 2. The molecule has 0 saturated carbocycles. The normalized spacial score (nSPS) is 14.1. The number of amides is 1. The molecule has 1 heterocycles. The largest absolute Gasteiger partial charge is 0.368 e. The molecule has 0 aromatic carbocycles. The van der Waals surface area contributed by atoms with Crippen LogP contribution >= 0.6 is 11.8 Å². The molecule has 19 heavy (non-hydrogen) atoms. The maximum atomic E-state index is 11.1. The fourth-order valence-electron chi connectivity index (χ4n) is 1.32. The molecule has 0 bridgehead atoms. The zero-order valence-electron chi connectivity index (χ0n) is 10.8. The van der Waals surface area contributed by atoms with Crippen LogP contribution in [0, 0.1) is 0 Å². The lowest BCUT2D eigenvalue weighted by Gasteiger charge is -2.19. The molecule has 1 amide bonds. The number of rotatable bonds is 6. The van der Waals surface area contributed by atoms with Crippen LogP contribution in [0.1, 0.15) is 19.8 Å². The lowest BCUT2D eigenvalue weighted by atomic mass is 9.97. The first kappa shape index (κ1) is 15.4. The van der Waals surface area contributed by atoms with E-state index < -0.39 is 22.6 Å². The summed E-state index contributed by atoms with van der Waals surface area (Å²) in [5.41, 5.74) is 8.26. The van der Waals surface area contributed by atoms with Gasteiger partial charge in [0.2, 0.25) is 5.91 Å². The molecular weight excluding hydrogens is 270 g/mol. The second-order valence-corrected chi connectivity index (χ2v) is 5.50. The number of carbonyl (C=O) groups excluding carboxylic acids is 1. The third-order valence-corrected chi connectivity index (χ3v) is 3.70. The Morgan fingerprint density at radius 1 is 1.53 bits per heavy atom. The van der Waals surface area contributed by atoms with Crippen LogP contribution in [0.15, 0.2) is 14.7 Å². The topological polar surface area (TPSA) is 137 Å². The Hall–Kier alpha value is -1.61. The Morgan fingerprint density at radius 3 is 2.74 bits per heavy atom. The number of aromatic amines is 1. The summed E-state index contributed by atoms with van der Waals surface area (Å²) in [4.78, 5) is 36.8. The molecule has 106 valence electrons. The third kappa shape index (κ3) is 4.21. The standard InChI is InChI=1S/C10H17N5O3S/c1-10(12,8(11)18)4-3-5-19-9-13-6(16)7(17)14-15(9)2/h3-5,12H2,1-2H3,(H2,11,18)(H,14,17). The Kier molecular flexibility index (Phi) is 4.90. The van der Waals surface area contributed by atoms with Crippen molar-refractivity contribution in [2.45, 2.75) is 30.5 Å². The summed E-state index contributed by atoms with van der Waals surface area (Å²) in [6, 6.07) is 0. The van der Waals surface area contributed by atoms with Crippen LogP contribution in [0.5, 0.6) is 0 Å². The van der Waals surface area contributed by atoms with Crippen LogP contribution in [0.3, 0.4) is 0 Å². The van der Waals surface area contributed by atoms with Crippen LogP contribution in [-0.4, -0.2) is 32.0 Å². The lowest BCUT2D eigenvalue weighted by Crippen LogP contribution is -2.49. The molecule has 0 aliphatic carbocycles. The fourth-order valence-corrected chi connectivity index (χ4v) is 2.17. The van der Waals surface area contributed by atoms with Crippen molar-refractivity contribution in [2.75, 3.05) is 5.75 Å². The number of hydrogen-bond acceptors (Lipinski definition) is 6. The minimum Gasteiger partial charge on any atom is -0.368 e. The van der Waals surface area contributed by atoms with Gasteiger partial charge in [0, 0.05) is 12.8 Å². The highest BCUT2D eigenvalue weighted by atomic mass is 32.2. The SMILES string of the molecule is Cn1[nH]c(=O)c(=O)nc1SCCCC(C)(N)C(N)=O. The van der Waals surface area contributed by atoms with Crippen LogP contribution in [0.25, 0.3) is 0 Å². The zero-order chi connectivity index (χ0) is 14.6. The molecule has 1 atom stereocenters. The predicted octanol–water partition coefficient (Wildman–Crippen LogP) is -1.46. The summed E-state index contributed by atoms with van der Waals surface area (Å²) in [5.74, 6) is 0.0546. The Labute approximate surface area is 113 Å². The zero-order valence-corrected chi connectivity index (χ0v) is 11.6. The van der Waals surface area contributed by atoms with Gasteiger partial charge in [0.05, 0.1) is 5.54 Å². The van der Waals surface area contributed by atoms with Gasteiger partial charge in [-0.15, -0.1) is 0 Å². The number of thioether (sulfide) groups is 1. The van der Waals surface area contributed by atoms with Crippen molar-refractivity contribution in [3.05, 3.63) is 20.7 Å². The molecule has 1 aromatic heterocycles. The van der Waals surface area contributed by atoms with E-state index in [9.17, 15) is 14.4 Å². The highest BCUT2D eigenvalue weighted by Gasteiger charge is 2.24. The molecule has 0 radical (unpaired) electrons. The van der Waals surface area contributed by atoms with Crippen LogP contribution < -0.4 is 22.6 Å². The summed E-state index contributed by atoms with van der Waals surface area (Å²) < 4.78 is 1.38. The van der Waals surface area contributed by atoms with Gasteiger partial charge < -0.3 is 11.5 Å². The number of primary amides is 1. The number of nitrogens with two attached hydrogens (primary N) is 2. The number of nitrogens with one attached hydrogen (secondary N) is 1. The van der Waals surface area contributed by atoms with Crippen molar-refractivity contribution in [2.24, 2.45) is 18.5 Å². The van der Waals surface area contributed by atoms with E-state index in [4.69, 9.17) is 11.5 Å². The molecule has 0 aliphatic rings. The molecule has 0 fully saturated rings. The molecule has 8 nitrogen and oxygen atoms in total. The summed E-state index contributed by atoms with van der Waals surface area (Å²) >= 11 is 1.30. The van der Waals surface area contributed by atoms with Gasteiger partial charge >= 0.3 is 11.1 Å². The van der Waals surface area contributed by atoms with E-state index in [1.807, 2.05) is 0 Å². The summed E-state index contributed by atoms with van der Waals surface area (Å²) in [7, 11) is 1.59. The van der Waals surface area contributed by atoms with E-state index in [0.717, 1.165) is 0 Å². The van der Waals surface area contributed by atoms with Gasteiger partial charge in [0.15, 0.2) is 5.16 Å². The van der Waals surface area contributed by atoms with Crippen molar-refractivity contribution >= 4 is 17.7 Å². The van der Waals surface area contributed by atoms with Gasteiger partial charge in [0.1, 0.15) is 0 Å². The van der Waals surface area contributed by atoms with Crippen molar-refractivity contribution < 1.29 is 4.79 Å². The molecule has 1 aromatic rings. The molecule has 5 N–H and O–H groups in total. The smallest absolute Gasteiger partial charge is 0.339 e. The van der Waals surface area contributed by atoms with Crippen molar-refractivity contribution in [1.82, 2.24) is 14.8 Å². The molecule has 0 saturated heterocycles. The average molecular weight is 287 g/mol. The van der Waals surface area contributed by atoms with Crippen LogP contribution in [-0.2, 0) is 11.8 Å². The monoisotopic (exact) mass is 287 g/mol. The lowest BCUT2D eigenvalue weighted by molar-refractivity contribution is -0.122. The molecule has 9 heteroatoms. The Morgan fingerprint density at radius 2 is 2.16 bits per heavy atom. The minimum atomic E-state index is -1.04. The van der Waals surface area contributed by atoms with E-state index in [1.54, 1.807) is 14.0 Å². The Bertz CT molecular complexity index is 577. The number of carbonyl (C=O) groups is 1. The molecule has 1 unspecified atom stereocenters. The van der Waals surface area contributed by atoms with Crippen molar-refractivity contribution in [3.63, 3.8) is 0 Å². The number of aromatic nitrogens is 3. The van der Waals surface area contributed by atoms with Gasteiger partial charge in [0.25, 0.3) is 0 Å². The Balaban J connectivity index is 2.55. The van der Waals surface area contributed by atoms with Gasteiger partial charge in [-0.2, -0.15) is 4.98 Å². The summed E-state index contributed by atoms with van der Waals surface area (Å²) in [5, 5.41) is 2.75. The van der Waals surface area contributed by atoms with E-state index in [2.05, 4.69) is 10.1 Å². The number of hydrogen-bond donors (Lipinski definition) is 3.